The van der Waals surface area contributed by atoms with Crippen LogP contribution in [0.2, 0.25) is 0 Å². The van der Waals surface area contributed by atoms with Crippen molar-refractivity contribution in [3.63, 3.8) is 0 Å². The molecule has 0 saturated heterocycles. The Balaban J connectivity index is 1.73. The average molecular weight is 377 g/mol. The molecule has 0 saturated carbocycles. The summed E-state index contributed by atoms with van der Waals surface area (Å²) in [4.78, 5) is 19.8. The van der Waals surface area contributed by atoms with E-state index in [4.69, 9.17) is 0 Å². The molecular formula is C20H15N3O3S. The van der Waals surface area contributed by atoms with Crippen LogP contribution < -0.4 is 10.3 Å². The van der Waals surface area contributed by atoms with Crippen molar-refractivity contribution in [3.8, 4) is 11.3 Å². The van der Waals surface area contributed by atoms with Gasteiger partial charge in [0.15, 0.2) is 0 Å². The van der Waals surface area contributed by atoms with Crippen LogP contribution in [-0.4, -0.2) is 18.4 Å². The van der Waals surface area contributed by atoms with Crippen molar-refractivity contribution >= 4 is 26.7 Å². The number of sulfonamides is 1. The highest BCUT2D eigenvalue weighted by Crippen LogP contribution is 2.22. The van der Waals surface area contributed by atoms with Gasteiger partial charge in [-0.05, 0) is 36.4 Å². The molecule has 3 aromatic carbocycles. The Morgan fingerprint density at radius 1 is 0.852 bits per heavy atom. The van der Waals surface area contributed by atoms with Gasteiger partial charge >= 0.3 is 0 Å². The van der Waals surface area contributed by atoms with Crippen LogP contribution in [0.3, 0.4) is 0 Å². The van der Waals surface area contributed by atoms with Crippen molar-refractivity contribution in [1.82, 2.24) is 9.97 Å². The third kappa shape index (κ3) is 3.45. The molecule has 134 valence electrons. The quantitative estimate of drug-likeness (QED) is 0.570. The zero-order chi connectivity index (χ0) is 18.9. The van der Waals surface area contributed by atoms with Crippen LogP contribution >= 0.6 is 0 Å². The molecule has 4 aromatic rings. The fraction of sp³-hybridized carbons (Fsp3) is 0. The topological polar surface area (TPSA) is 91.9 Å². The maximum Gasteiger partial charge on any atom is 0.274 e. The summed E-state index contributed by atoms with van der Waals surface area (Å²) in [5.74, 6) is 0. The number of aromatic amines is 1. The Bertz CT molecular complexity index is 1280. The smallest absolute Gasteiger partial charge is 0.274 e. The number of nitrogens with one attached hydrogen (secondary N) is 2. The lowest BCUT2D eigenvalue weighted by atomic mass is 10.1. The van der Waals surface area contributed by atoms with Crippen molar-refractivity contribution in [3.05, 3.63) is 89.2 Å². The van der Waals surface area contributed by atoms with Crippen LogP contribution in [-0.2, 0) is 10.0 Å². The molecule has 0 bridgehead atoms. The molecule has 0 aliphatic rings. The number of para-hydroxylation sites is 2. The lowest BCUT2D eigenvalue weighted by Gasteiger charge is -2.09. The Morgan fingerprint density at radius 2 is 1.59 bits per heavy atom. The van der Waals surface area contributed by atoms with Gasteiger partial charge in [0, 0.05) is 11.3 Å². The molecule has 2 N–H and O–H groups in total. The number of hydrogen-bond donors (Lipinski definition) is 2. The molecule has 0 unspecified atom stereocenters. The number of hydrogen-bond acceptors (Lipinski definition) is 4. The minimum atomic E-state index is -3.71. The van der Waals surface area contributed by atoms with E-state index < -0.39 is 10.0 Å². The van der Waals surface area contributed by atoms with Crippen LogP contribution in [0.4, 0.5) is 5.69 Å². The van der Waals surface area contributed by atoms with E-state index in [0.717, 1.165) is 0 Å². The van der Waals surface area contributed by atoms with Crippen LogP contribution in [0.5, 0.6) is 0 Å². The molecule has 6 nitrogen and oxygen atoms in total. The highest BCUT2D eigenvalue weighted by molar-refractivity contribution is 7.92. The van der Waals surface area contributed by atoms with Crippen molar-refractivity contribution in [2.24, 2.45) is 0 Å². The SMILES string of the molecule is O=c1[nH]c2ccccc2nc1-c1cccc(NS(=O)(=O)c2ccccc2)c1. The molecule has 0 amide bonds. The second-order valence-electron chi connectivity index (χ2n) is 5.93. The molecular weight excluding hydrogens is 362 g/mol. The number of nitrogens with zero attached hydrogens (tertiary/aromatic N) is 1. The summed E-state index contributed by atoms with van der Waals surface area (Å²) in [6, 6.07) is 21.9. The summed E-state index contributed by atoms with van der Waals surface area (Å²) in [5.41, 5.74) is 2.07. The molecule has 0 aliphatic carbocycles. The fourth-order valence-electron chi connectivity index (χ4n) is 2.77. The third-order valence-electron chi connectivity index (χ3n) is 4.04. The van der Waals surface area contributed by atoms with E-state index >= 15 is 0 Å². The minimum Gasteiger partial charge on any atom is -0.319 e. The lowest BCUT2D eigenvalue weighted by molar-refractivity contribution is 0.601. The lowest BCUT2D eigenvalue weighted by Crippen LogP contribution is -2.14. The second-order valence-corrected chi connectivity index (χ2v) is 7.61. The minimum absolute atomic E-state index is 0.164. The molecule has 0 aliphatic heterocycles. The van der Waals surface area contributed by atoms with Crippen LogP contribution in [0, 0.1) is 0 Å². The van der Waals surface area contributed by atoms with Gasteiger partial charge in [-0.2, -0.15) is 0 Å². The maximum atomic E-state index is 12.5. The molecule has 4 rings (SSSR count). The van der Waals surface area contributed by atoms with E-state index in [1.165, 1.54) is 12.1 Å². The number of benzene rings is 3. The van der Waals surface area contributed by atoms with Crippen molar-refractivity contribution < 1.29 is 8.42 Å². The van der Waals surface area contributed by atoms with Crippen molar-refractivity contribution in [2.45, 2.75) is 4.90 Å². The molecule has 0 fully saturated rings. The first kappa shape index (κ1) is 17.0. The van der Waals surface area contributed by atoms with E-state index in [2.05, 4.69) is 14.7 Å². The largest absolute Gasteiger partial charge is 0.319 e. The normalized spacial score (nSPS) is 11.4. The van der Waals surface area contributed by atoms with Gasteiger partial charge in [0.1, 0.15) is 5.69 Å². The molecule has 1 aromatic heterocycles. The van der Waals surface area contributed by atoms with Crippen molar-refractivity contribution in [1.29, 1.82) is 0 Å². The van der Waals surface area contributed by atoms with E-state index in [-0.39, 0.29) is 16.1 Å². The maximum absolute atomic E-state index is 12.5. The van der Waals surface area contributed by atoms with E-state index in [0.29, 0.717) is 22.3 Å². The summed E-state index contributed by atoms with van der Waals surface area (Å²) < 4.78 is 27.5. The highest BCUT2D eigenvalue weighted by atomic mass is 32.2. The first-order chi connectivity index (χ1) is 13.0. The fourth-order valence-corrected chi connectivity index (χ4v) is 3.84. The van der Waals surface area contributed by atoms with Gasteiger partial charge in [0.05, 0.1) is 15.9 Å². The third-order valence-corrected chi connectivity index (χ3v) is 5.44. The number of anilines is 1. The van der Waals surface area contributed by atoms with Gasteiger partial charge in [0.2, 0.25) is 0 Å². The molecule has 7 heteroatoms. The molecule has 27 heavy (non-hydrogen) atoms. The summed E-state index contributed by atoms with van der Waals surface area (Å²) in [6.07, 6.45) is 0. The van der Waals surface area contributed by atoms with E-state index in [1.54, 1.807) is 54.6 Å². The van der Waals surface area contributed by atoms with E-state index in [9.17, 15) is 13.2 Å². The zero-order valence-corrected chi connectivity index (χ0v) is 14.9. The summed E-state index contributed by atoms with van der Waals surface area (Å²) >= 11 is 0. The Kier molecular flexibility index (Phi) is 4.21. The highest BCUT2D eigenvalue weighted by Gasteiger charge is 2.14. The van der Waals surface area contributed by atoms with Crippen LogP contribution in [0.15, 0.2) is 88.6 Å². The number of H-pyrrole nitrogens is 1. The average Bonchev–Trinajstić information content (AvgIpc) is 2.68. The van der Waals surface area contributed by atoms with Gasteiger partial charge in [-0.1, -0.05) is 42.5 Å². The predicted molar refractivity (Wildman–Crippen MR) is 105 cm³/mol. The van der Waals surface area contributed by atoms with Gasteiger partial charge in [-0.3, -0.25) is 9.52 Å². The van der Waals surface area contributed by atoms with Gasteiger partial charge in [-0.25, -0.2) is 13.4 Å². The second kappa shape index (κ2) is 6.69. The van der Waals surface area contributed by atoms with Gasteiger partial charge in [0.25, 0.3) is 15.6 Å². The molecule has 0 atom stereocenters. The first-order valence-corrected chi connectivity index (χ1v) is 9.69. The number of rotatable bonds is 4. The molecule has 0 spiro atoms. The first-order valence-electron chi connectivity index (χ1n) is 8.20. The number of fused-ring (bicyclic) bond motifs is 1. The molecule has 1 heterocycles. The van der Waals surface area contributed by atoms with Gasteiger partial charge < -0.3 is 4.98 Å². The van der Waals surface area contributed by atoms with Crippen molar-refractivity contribution in [2.75, 3.05) is 4.72 Å². The Morgan fingerprint density at radius 3 is 2.41 bits per heavy atom. The standard InChI is InChI=1S/C20H15N3O3S/c24-20-19(21-17-11-4-5-12-18(17)22-20)14-7-6-8-15(13-14)23-27(25,26)16-9-2-1-3-10-16/h1-13,23H,(H,22,24). The Labute approximate surface area is 155 Å². The monoisotopic (exact) mass is 377 g/mol. The van der Waals surface area contributed by atoms with Crippen LogP contribution in [0.1, 0.15) is 0 Å². The predicted octanol–water partition coefficient (Wildman–Crippen LogP) is 3.39. The number of aromatic nitrogens is 2. The molecule has 0 radical (unpaired) electrons. The summed E-state index contributed by atoms with van der Waals surface area (Å²) in [5, 5.41) is 0. The van der Waals surface area contributed by atoms with E-state index in [1.807, 2.05) is 12.1 Å². The zero-order valence-electron chi connectivity index (χ0n) is 14.1. The summed E-state index contributed by atoms with van der Waals surface area (Å²) in [7, 11) is -3.71. The van der Waals surface area contributed by atoms with Gasteiger partial charge in [-0.15, -0.1) is 0 Å². The summed E-state index contributed by atoms with van der Waals surface area (Å²) in [6.45, 7) is 0. The Hall–Kier alpha value is -3.45. The van der Waals surface area contributed by atoms with Crippen LogP contribution in [0.25, 0.3) is 22.3 Å².